The molecular formula is C20H29NO3. The Hall–Kier alpha value is -1.97. The SMILES string of the molecule is C=C1CCC(N(Cc2ccc(OC)cc2)C(=O)OC(C)(C)C)CC1. The lowest BCUT2D eigenvalue weighted by Crippen LogP contribution is -2.43. The Morgan fingerprint density at radius 1 is 1.21 bits per heavy atom. The molecule has 0 aromatic heterocycles. The third-order valence-electron chi connectivity index (χ3n) is 4.24. The smallest absolute Gasteiger partial charge is 0.410 e. The first kappa shape index (κ1) is 18.4. The fraction of sp³-hybridized carbons (Fsp3) is 0.550. The Morgan fingerprint density at radius 3 is 2.29 bits per heavy atom. The fourth-order valence-electron chi connectivity index (χ4n) is 2.91. The number of benzene rings is 1. The average molecular weight is 331 g/mol. The zero-order valence-corrected chi connectivity index (χ0v) is 15.3. The van der Waals surface area contributed by atoms with E-state index in [0.29, 0.717) is 6.54 Å². The molecule has 1 aromatic carbocycles. The number of nitrogens with zero attached hydrogens (tertiary/aromatic N) is 1. The van der Waals surface area contributed by atoms with Gasteiger partial charge in [-0.1, -0.05) is 24.3 Å². The maximum atomic E-state index is 12.7. The molecule has 1 amide bonds. The second-order valence-corrected chi connectivity index (χ2v) is 7.44. The molecule has 0 heterocycles. The predicted octanol–water partition coefficient (Wildman–Crippen LogP) is 4.93. The third kappa shape index (κ3) is 5.29. The van der Waals surface area contributed by atoms with Gasteiger partial charge in [-0.05, 0) is 64.2 Å². The third-order valence-corrected chi connectivity index (χ3v) is 4.24. The van der Waals surface area contributed by atoms with Crippen LogP contribution in [0.15, 0.2) is 36.4 Å². The number of carbonyl (C=O) groups excluding carboxylic acids is 1. The molecule has 132 valence electrons. The highest BCUT2D eigenvalue weighted by Crippen LogP contribution is 2.28. The molecule has 4 nitrogen and oxygen atoms in total. The van der Waals surface area contributed by atoms with Crippen molar-refractivity contribution in [2.75, 3.05) is 7.11 Å². The molecule has 1 aromatic rings. The first-order chi connectivity index (χ1) is 11.3. The molecular weight excluding hydrogens is 302 g/mol. The number of amides is 1. The quantitative estimate of drug-likeness (QED) is 0.734. The van der Waals surface area contributed by atoms with Gasteiger partial charge in [-0.15, -0.1) is 0 Å². The standard InChI is InChI=1S/C20H29NO3/c1-15-6-10-17(11-7-15)21(19(22)24-20(2,3)4)14-16-8-12-18(23-5)13-9-16/h8-9,12-13,17H,1,6-7,10-11,14H2,2-5H3. The number of ether oxygens (including phenoxy) is 2. The van der Waals surface area contributed by atoms with Crippen molar-refractivity contribution in [2.24, 2.45) is 0 Å². The van der Waals surface area contributed by atoms with Gasteiger partial charge in [-0.25, -0.2) is 4.79 Å². The van der Waals surface area contributed by atoms with E-state index in [0.717, 1.165) is 37.0 Å². The van der Waals surface area contributed by atoms with E-state index in [1.54, 1.807) is 7.11 Å². The summed E-state index contributed by atoms with van der Waals surface area (Å²) in [5.41, 5.74) is 1.86. The van der Waals surface area contributed by atoms with Crippen LogP contribution in [0.2, 0.25) is 0 Å². The Kier molecular flexibility index (Phi) is 5.92. The summed E-state index contributed by atoms with van der Waals surface area (Å²) in [6.07, 6.45) is 3.62. The van der Waals surface area contributed by atoms with Gasteiger partial charge in [-0.3, -0.25) is 0 Å². The van der Waals surface area contributed by atoms with Crippen LogP contribution in [-0.2, 0) is 11.3 Å². The van der Waals surface area contributed by atoms with E-state index in [-0.39, 0.29) is 12.1 Å². The largest absolute Gasteiger partial charge is 0.497 e. The van der Waals surface area contributed by atoms with Crippen molar-refractivity contribution >= 4 is 6.09 Å². The lowest BCUT2D eigenvalue weighted by atomic mass is 9.91. The Bertz CT molecular complexity index is 562. The Balaban J connectivity index is 2.14. The molecule has 0 bridgehead atoms. The summed E-state index contributed by atoms with van der Waals surface area (Å²) >= 11 is 0. The van der Waals surface area contributed by atoms with Crippen molar-refractivity contribution in [3.63, 3.8) is 0 Å². The second kappa shape index (κ2) is 7.73. The highest BCUT2D eigenvalue weighted by molar-refractivity contribution is 5.68. The molecule has 0 saturated heterocycles. The van der Waals surface area contributed by atoms with E-state index in [2.05, 4.69) is 6.58 Å². The molecule has 0 N–H and O–H groups in total. The van der Waals surface area contributed by atoms with Crippen molar-refractivity contribution in [1.82, 2.24) is 4.90 Å². The molecule has 0 atom stereocenters. The van der Waals surface area contributed by atoms with Gasteiger partial charge >= 0.3 is 6.09 Å². The molecule has 1 saturated carbocycles. The maximum absolute atomic E-state index is 12.7. The van der Waals surface area contributed by atoms with Crippen molar-refractivity contribution < 1.29 is 14.3 Å². The highest BCUT2D eigenvalue weighted by atomic mass is 16.6. The van der Waals surface area contributed by atoms with E-state index >= 15 is 0 Å². The summed E-state index contributed by atoms with van der Waals surface area (Å²) in [4.78, 5) is 14.6. The molecule has 0 unspecified atom stereocenters. The van der Waals surface area contributed by atoms with Crippen LogP contribution in [0.5, 0.6) is 5.75 Å². The molecule has 2 rings (SSSR count). The molecule has 1 aliphatic rings. The van der Waals surface area contributed by atoms with Gasteiger partial charge in [0.2, 0.25) is 0 Å². The number of carbonyl (C=O) groups is 1. The topological polar surface area (TPSA) is 38.8 Å². The molecule has 1 fully saturated rings. The van der Waals surface area contributed by atoms with Crippen LogP contribution in [0.1, 0.15) is 52.0 Å². The fourth-order valence-corrected chi connectivity index (χ4v) is 2.91. The van der Waals surface area contributed by atoms with Crippen LogP contribution in [0, 0.1) is 0 Å². The van der Waals surface area contributed by atoms with E-state index < -0.39 is 5.60 Å². The zero-order valence-electron chi connectivity index (χ0n) is 15.3. The number of hydrogen-bond acceptors (Lipinski definition) is 3. The van der Waals surface area contributed by atoms with Crippen molar-refractivity contribution in [2.45, 2.75) is 64.6 Å². The summed E-state index contributed by atoms with van der Waals surface area (Å²) in [5, 5.41) is 0. The summed E-state index contributed by atoms with van der Waals surface area (Å²) in [6, 6.07) is 8.04. The monoisotopic (exact) mass is 331 g/mol. The summed E-state index contributed by atoms with van der Waals surface area (Å²) in [6.45, 7) is 10.3. The van der Waals surface area contributed by atoms with Crippen LogP contribution in [0.3, 0.4) is 0 Å². The maximum Gasteiger partial charge on any atom is 0.410 e. The molecule has 24 heavy (non-hydrogen) atoms. The summed E-state index contributed by atoms with van der Waals surface area (Å²) < 4.78 is 10.8. The zero-order chi connectivity index (χ0) is 17.7. The van der Waals surface area contributed by atoms with Crippen LogP contribution in [0.25, 0.3) is 0 Å². The van der Waals surface area contributed by atoms with Crippen LogP contribution in [-0.4, -0.2) is 29.7 Å². The number of rotatable bonds is 4. The van der Waals surface area contributed by atoms with Gasteiger partial charge in [0, 0.05) is 12.6 Å². The summed E-state index contributed by atoms with van der Waals surface area (Å²) in [7, 11) is 1.65. The van der Waals surface area contributed by atoms with Crippen LogP contribution < -0.4 is 4.74 Å². The molecule has 0 aliphatic heterocycles. The van der Waals surface area contributed by atoms with Gasteiger partial charge in [0.05, 0.1) is 7.11 Å². The molecule has 1 aliphatic carbocycles. The first-order valence-corrected chi connectivity index (χ1v) is 8.57. The van der Waals surface area contributed by atoms with Crippen molar-refractivity contribution in [3.05, 3.63) is 42.0 Å². The Labute approximate surface area is 145 Å². The van der Waals surface area contributed by atoms with Crippen LogP contribution in [0.4, 0.5) is 4.79 Å². The van der Waals surface area contributed by atoms with E-state index in [1.165, 1.54) is 5.57 Å². The summed E-state index contributed by atoms with van der Waals surface area (Å²) in [5.74, 6) is 0.816. The average Bonchev–Trinajstić information content (AvgIpc) is 2.52. The molecule has 4 heteroatoms. The van der Waals surface area contributed by atoms with Gasteiger partial charge < -0.3 is 14.4 Å². The van der Waals surface area contributed by atoms with Gasteiger partial charge in [-0.2, -0.15) is 0 Å². The van der Waals surface area contributed by atoms with Crippen molar-refractivity contribution in [1.29, 1.82) is 0 Å². The van der Waals surface area contributed by atoms with Crippen molar-refractivity contribution in [3.8, 4) is 5.75 Å². The first-order valence-electron chi connectivity index (χ1n) is 8.57. The number of allylic oxidation sites excluding steroid dienone is 1. The molecule has 0 radical (unpaired) electrons. The normalized spacial score (nSPS) is 15.9. The minimum atomic E-state index is -0.493. The van der Waals surface area contributed by atoms with E-state index in [9.17, 15) is 4.79 Å². The highest BCUT2D eigenvalue weighted by Gasteiger charge is 2.30. The lowest BCUT2D eigenvalue weighted by Gasteiger charge is -2.36. The van der Waals surface area contributed by atoms with E-state index in [4.69, 9.17) is 9.47 Å². The lowest BCUT2D eigenvalue weighted by molar-refractivity contribution is 0.0111. The van der Waals surface area contributed by atoms with Gasteiger partial charge in [0.25, 0.3) is 0 Å². The van der Waals surface area contributed by atoms with Gasteiger partial charge in [0.15, 0.2) is 0 Å². The predicted molar refractivity (Wildman–Crippen MR) is 96.2 cm³/mol. The van der Waals surface area contributed by atoms with E-state index in [1.807, 2.05) is 49.9 Å². The van der Waals surface area contributed by atoms with Crippen LogP contribution >= 0.6 is 0 Å². The number of methoxy groups -OCH3 is 1. The van der Waals surface area contributed by atoms with Gasteiger partial charge in [0.1, 0.15) is 11.4 Å². The minimum absolute atomic E-state index is 0.201. The second-order valence-electron chi connectivity index (χ2n) is 7.44. The minimum Gasteiger partial charge on any atom is -0.497 e. The number of hydrogen-bond donors (Lipinski definition) is 0. The Morgan fingerprint density at radius 2 is 1.79 bits per heavy atom. The molecule has 0 spiro atoms.